The van der Waals surface area contributed by atoms with Gasteiger partial charge in [-0.15, -0.1) is 0 Å². The quantitative estimate of drug-likeness (QED) is 0.670. The molecular formula is C21H22N4O2. The zero-order valence-electron chi connectivity index (χ0n) is 15.4. The molecule has 0 atom stereocenters. The van der Waals surface area contributed by atoms with Crippen LogP contribution < -0.4 is 15.4 Å². The summed E-state index contributed by atoms with van der Waals surface area (Å²) in [4.78, 5) is 20.7. The van der Waals surface area contributed by atoms with Gasteiger partial charge in [-0.3, -0.25) is 4.79 Å². The highest BCUT2D eigenvalue weighted by Gasteiger charge is 2.09. The average molecular weight is 362 g/mol. The third-order valence-corrected chi connectivity index (χ3v) is 4.16. The van der Waals surface area contributed by atoms with Crippen molar-refractivity contribution in [1.82, 2.24) is 9.97 Å². The molecule has 2 aromatic carbocycles. The lowest BCUT2D eigenvalue weighted by Gasteiger charge is -2.09. The Hall–Kier alpha value is -3.41. The van der Waals surface area contributed by atoms with Crippen molar-refractivity contribution in [1.29, 1.82) is 0 Å². The number of rotatable bonds is 7. The molecule has 1 aromatic heterocycles. The van der Waals surface area contributed by atoms with E-state index in [0.29, 0.717) is 18.1 Å². The summed E-state index contributed by atoms with van der Waals surface area (Å²) in [5, 5.41) is 6.03. The lowest BCUT2D eigenvalue weighted by Crippen LogP contribution is -2.14. The highest BCUT2D eigenvalue weighted by molar-refractivity contribution is 6.04. The van der Waals surface area contributed by atoms with Gasteiger partial charge in [0.25, 0.3) is 5.91 Å². The van der Waals surface area contributed by atoms with Gasteiger partial charge in [-0.25, -0.2) is 9.97 Å². The third kappa shape index (κ3) is 5.04. The Bertz CT molecular complexity index is 893. The molecule has 3 rings (SSSR count). The molecule has 0 saturated carbocycles. The van der Waals surface area contributed by atoms with Crippen LogP contribution in [-0.2, 0) is 6.42 Å². The first-order valence-corrected chi connectivity index (χ1v) is 8.71. The first kappa shape index (κ1) is 18.4. The monoisotopic (exact) mass is 362 g/mol. The van der Waals surface area contributed by atoms with Crippen LogP contribution in [0.2, 0.25) is 0 Å². The molecule has 0 radical (unpaired) electrons. The molecule has 1 heterocycles. The van der Waals surface area contributed by atoms with Crippen molar-refractivity contribution in [2.75, 3.05) is 24.3 Å². The van der Waals surface area contributed by atoms with E-state index in [-0.39, 0.29) is 5.91 Å². The van der Waals surface area contributed by atoms with Gasteiger partial charge in [0.1, 0.15) is 5.75 Å². The standard InChI is InChI=1S/C21H22N4O2/c1-15-5-3-4-6-19(15)25-20(26)17-13-23-21(24-14-17)22-12-11-16-7-9-18(27-2)10-8-16/h3-10,13-14H,11-12H2,1-2H3,(H,25,26)(H,22,23,24). The van der Waals surface area contributed by atoms with E-state index in [2.05, 4.69) is 20.6 Å². The summed E-state index contributed by atoms with van der Waals surface area (Å²) in [5.41, 5.74) is 3.39. The largest absolute Gasteiger partial charge is 0.497 e. The van der Waals surface area contributed by atoms with Gasteiger partial charge in [-0.2, -0.15) is 0 Å². The van der Waals surface area contributed by atoms with E-state index in [0.717, 1.165) is 23.4 Å². The first-order chi connectivity index (χ1) is 13.2. The second-order valence-corrected chi connectivity index (χ2v) is 6.09. The van der Waals surface area contributed by atoms with Crippen LogP contribution in [0.15, 0.2) is 60.9 Å². The molecule has 0 unspecified atom stereocenters. The summed E-state index contributed by atoms with van der Waals surface area (Å²) in [7, 11) is 1.65. The smallest absolute Gasteiger partial charge is 0.258 e. The predicted molar refractivity (Wildman–Crippen MR) is 106 cm³/mol. The summed E-state index contributed by atoms with van der Waals surface area (Å²) in [5.74, 6) is 1.11. The van der Waals surface area contributed by atoms with Crippen LogP contribution in [0.25, 0.3) is 0 Å². The van der Waals surface area contributed by atoms with Gasteiger partial charge < -0.3 is 15.4 Å². The van der Waals surface area contributed by atoms with E-state index in [1.165, 1.54) is 18.0 Å². The zero-order valence-corrected chi connectivity index (χ0v) is 15.4. The molecule has 0 bridgehead atoms. The van der Waals surface area contributed by atoms with Gasteiger partial charge in [0.2, 0.25) is 5.95 Å². The normalized spacial score (nSPS) is 10.3. The van der Waals surface area contributed by atoms with Crippen LogP contribution >= 0.6 is 0 Å². The molecule has 0 saturated heterocycles. The fourth-order valence-corrected chi connectivity index (χ4v) is 2.56. The molecule has 0 aliphatic heterocycles. The number of ether oxygens (including phenoxy) is 1. The molecule has 3 aromatic rings. The number of carbonyl (C=O) groups excluding carboxylic acids is 1. The topological polar surface area (TPSA) is 76.1 Å². The number of anilines is 2. The van der Waals surface area contributed by atoms with E-state index in [9.17, 15) is 4.79 Å². The first-order valence-electron chi connectivity index (χ1n) is 8.71. The second kappa shape index (κ2) is 8.80. The Labute approximate surface area is 158 Å². The van der Waals surface area contributed by atoms with E-state index >= 15 is 0 Å². The highest BCUT2D eigenvalue weighted by atomic mass is 16.5. The van der Waals surface area contributed by atoms with Crippen molar-refractivity contribution in [2.45, 2.75) is 13.3 Å². The lowest BCUT2D eigenvalue weighted by molar-refractivity contribution is 0.102. The summed E-state index contributed by atoms with van der Waals surface area (Å²) in [6, 6.07) is 15.6. The SMILES string of the molecule is COc1ccc(CCNc2ncc(C(=O)Nc3ccccc3C)cn2)cc1. The molecule has 1 amide bonds. The number of para-hydroxylation sites is 1. The van der Waals surface area contributed by atoms with Crippen LogP contribution in [0.3, 0.4) is 0 Å². The number of benzene rings is 2. The molecule has 27 heavy (non-hydrogen) atoms. The summed E-state index contributed by atoms with van der Waals surface area (Å²) < 4.78 is 5.15. The van der Waals surface area contributed by atoms with Crippen LogP contribution in [0, 0.1) is 6.92 Å². The minimum Gasteiger partial charge on any atom is -0.497 e. The Kier molecular flexibility index (Phi) is 5.99. The number of nitrogens with zero attached hydrogens (tertiary/aromatic N) is 2. The molecule has 0 spiro atoms. The Morgan fingerprint density at radius 3 is 2.41 bits per heavy atom. The number of methoxy groups -OCH3 is 1. The van der Waals surface area contributed by atoms with Crippen LogP contribution in [-0.4, -0.2) is 29.5 Å². The zero-order chi connectivity index (χ0) is 19.1. The molecule has 0 aliphatic rings. The van der Waals surface area contributed by atoms with Crippen LogP contribution in [0.5, 0.6) is 5.75 Å². The number of amides is 1. The van der Waals surface area contributed by atoms with E-state index in [4.69, 9.17) is 4.74 Å². The Morgan fingerprint density at radius 1 is 1.04 bits per heavy atom. The maximum atomic E-state index is 12.3. The van der Waals surface area contributed by atoms with Crippen molar-refractivity contribution >= 4 is 17.5 Å². The fourth-order valence-electron chi connectivity index (χ4n) is 2.56. The van der Waals surface area contributed by atoms with Gasteiger partial charge in [0.05, 0.1) is 12.7 Å². The summed E-state index contributed by atoms with van der Waals surface area (Å²) >= 11 is 0. The third-order valence-electron chi connectivity index (χ3n) is 4.16. The van der Waals surface area contributed by atoms with Crippen molar-refractivity contribution in [3.05, 3.63) is 77.6 Å². The van der Waals surface area contributed by atoms with Crippen molar-refractivity contribution in [3.8, 4) is 5.75 Å². The number of aromatic nitrogens is 2. The molecule has 0 fully saturated rings. The Balaban J connectivity index is 1.52. The highest BCUT2D eigenvalue weighted by Crippen LogP contribution is 2.15. The van der Waals surface area contributed by atoms with Crippen molar-refractivity contribution in [2.24, 2.45) is 0 Å². The molecule has 6 nitrogen and oxygen atoms in total. The number of hydrogen-bond acceptors (Lipinski definition) is 5. The number of carbonyl (C=O) groups is 1. The molecule has 6 heteroatoms. The molecular weight excluding hydrogens is 340 g/mol. The van der Waals surface area contributed by atoms with Crippen LogP contribution in [0.4, 0.5) is 11.6 Å². The van der Waals surface area contributed by atoms with Gasteiger partial charge >= 0.3 is 0 Å². The second-order valence-electron chi connectivity index (χ2n) is 6.09. The lowest BCUT2D eigenvalue weighted by atomic mass is 10.1. The number of hydrogen-bond donors (Lipinski definition) is 2. The maximum Gasteiger partial charge on any atom is 0.258 e. The summed E-state index contributed by atoms with van der Waals surface area (Å²) in [6.45, 7) is 2.64. The van der Waals surface area contributed by atoms with Gasteiger partial charge in [-0.05, 0) is 42.7 Å². The average Bonchev–Trinajstić information content (AvgIpc) is 2.71. The van der Waals surface area contributed by atoms with Crippen molar-refractivity contribution in [3.63, 3.8) is 0 Å². The summed E-state index contributed by atoms with van der Waals surface area (Å²) in [6.07, 6.45) is 3.88. The van der Waals surface area contributed by atoms with E-state index in [1.807, 2.05) is 55.5 Å². The van der Waals surface area contributed by atoms with Gasteiger partial charge in [0, 0.05) is 24.6 Å². The van der Waals surface area contributed by atoms with Crippen molar-refractivity contribution < 1.29 is 9.53 Å². The number of nitrogens with one attached hydrogen (secondary N) is 2. The fraction of sp³-hybridized carbons (Fsp3) is 0.190. The molecule has 138 valence electrons. The molecule has 0 aliphatic carbocycles. The van der Waals surface area contributed by atoms with Gasteiger partial charge in [0.15, 0.2) is 0 Å². The predicted octanol–water partition coefficient (Wildman–Crippen LogP) is 3.70. The van der Waals surface area contributed by atoms with Gasteiger partial charge in [-0.1, -0.05) is 30.3 Å². The van der Waals surface area contributed by atoms with E-state index < -0.39 is 0 Å². The Morgan fingerprint density at radius 2 is 1.74 bits per heavy atom. The minimum absolute atomic E-state index is 0.228. The minimum atomic E-state index is -0.228. The van der Waals surface area contributed by atoms with Crippen LogP contribution in [0.1, 0.15) is 21.5 Å². The number of aryl methyl sites for hydroxylation is 1. The van der Waals surface area contributed by atoms with E-state index in [1.54, 1.807) is 7.11 Å². The molecule has 2 N–H and O–H groups in total. The maximum absolute atomic E-state index is 12.3.